The first kappa shape index (κ1) is 10.2. The van der Waals surface area contributed by atoms with Crippen molar-refractivity contribution in [2.75, 3.05) is 0 Å². The number of hydrogen-bond donors (Lipinski definition) is 0. The minimum atomic E-state index is 0.943. The fourth-order valence-electron chi connectivity index (χ4n) is 3.27. The summed E-state index contributed by atoms with van der Waals surface area (Å²) in [6.45, 7) is 2.03. The van der Waals surface area contributed by atoms with Crippen molar-refractivity contribution in [3.63, 3.8) is 0 Å². The van der Waals surface area contributed by atoms with Crippen molar-refractivity contribution in [2.24, 2.45) is 0 Å². The standard InChI is InChI=1S/C18H11NO/c1-10-8-9-12-11-4-2-6-14-16(11)17-13(18(12)19-10)5-3-7-15(17)20-14/h2-9H,1H3. The number of nitrogens with zero attached hydrogens (tertiary/aromatic N) is 1. The lowest BCUT2D eigenvalue weighted by Gasteiger charge is -2.07. The molecule has 0 radical (unpaired) electrons. The molecule has 3 aromatic carbocycles. The van der Waals surface area contributed by atoms with E-state index in [0.29, 0.717) is 0 Å². The zero-order chi connectivity index (χ0) is 13.3. The van der Waals surface area contributed by atoms with Crippen LogP contribution in [-0.4, -0.2) is 4.98 Å². The summed E-state index contributed by atoms with van der Waals surface area (Å²) in [5, 5.41) is 6.02. The van der Waals surface area contributed by atoms with Crippen molar-refractivity contribution >= 4 is 43.6 Å². The number of benzene rings is 3. The van der Waals surface area contributed by atoms with Crippen molar-refractivity contribution in [3.05, 3.63) is 54.2 Å². The number of fused-ring (bicyclic) bond motifs is 3. The highest BCUT2D eigenvalue weighted by atomic mass is 16.3. The number of rotatable bonds is 0. The first-order valence-corrected chi connectivity index (χ1v) is 6.75. The summed E-state index contributed by atoms with van der Waals surface area (Å²) in [4.78, 5) is 4.76. The van der Waals surface area contributed by atoms with Gasteiger partial charge in [0, 0.05) is 27.2 Å². The van der Waals surface area contributed by atoms with Crippen molar-refractivity contribution in [1.82, 2.24) is 4.98 Å². The second kappa shape index (κ2) is 3.28. The third-order valence-corrected chi connectivity index (χ3v) is 4.10. The van der Waals surface area contributed by atoms with Crippen LogP contribution >= 0.6 is 0 Å². The molecule has 0 aliphatic rings. The Morgan fingerprint density at radius 3 is 2.25 bits per heavy atom. The number of aryl methyl sites for hydroxylation is 1. The van der Waals surface area contributed by atoms with E-state index in [1.165, 1.54) is 26.9 Å². The van der Waals surface area contributed by atoms with E-state index in [1.807, 2.05) is 25.1 Å². The Morgan fingerprint density at radius 2 is 1.45 bits per heavy atom. The third kappa shape index (κ3) is 1.08. The van der Waals surface area contributed by atoms with Crippen molar-refractivity contribution in [1.29, 1.82) is 0 Å². The summed E-state index contributed by atoms with van der Waals surface area (Å²) in [7, 11) is 0. The fourth-order valence-corrected chi connectivity index (χ4v) is 3.27. The van der Waals surface area contributed by atoms with Gasteiger partial charge in [0.2, 0.25) is 0 Å². The van der Waals surface area contributed by atoms with Gasteiger partial charge in [-0.05, 0) is 30.5 Å². The zero-order valence-corrected chi connectivity index (χ0v) is 11.0. The van der Waals surface area contributed by atoms with E-state index in [-0.39, 0.29) is 0 Å². The molecular formula is C18H11NO. The molecule has 94 valence electrons. The molecule has 5 aromatic rings. The minimum Gasteiger partial charge on any atom is -0.456 e. The highest BCUT2D eigenvalue weighted by molar-refractivity contribution is 6.32. The molecule has 2 heterocycles. The Kier molecular flexibility index (Phi) is 1.68. The zero-order valence-electron chi connectivity index (χ0n) is 11.0. The normalized spacial score (nSPS) is 12.2. The average molecular weight is 257 g/mol. The summed E-state index contributed by atoms with van der Waals surface area (Å²) in [6.07, 6.45) is 0. The molecule has 0 aliphatic carbocycles. The number of hydrogen-bond acceptors (Lipinski definition) is 2. The third-order valence-electron chi connectivity index (χ3n) is 4.10. The van der Waals surface area contributed by atoms with Gasteiger partial charge in [-0.25, -0.2) is 0 Å². The molecule has 0 fully saturated rings. The average Bonchev–Trinajstić information content (AvgIpc) is 2.85. The lowest BCUT2D eigenvalue weighted by atomic mass is 9.97. The van der Waals surface area contributed by atoms with E-state index < -0.39 is 0 Å². The van der Waals surface area contributed by atoms with Gasteiger partial charge in [0.25, 0.3) is 0 Å². The summed E-state index contributed by atoms with van der Waals surface area (Å²) < 4.78 is 5.99. The Balaban J connectivity index is 2.30. The van der Waals surface area contributed by atoms with Gasteiger partial charge in [-0.2, -0.15) is 0 Å². The van der Waals surface area contributed by atoms with E-state index in [9.17, 15) is 0 Å². The van der Waals surface area contributed by atoms with E-state index in [0.717, 1.165) is 22.4 Å². The van der Waals surface area contributed by atoms with Crippen LogP contribution in [-0.2, 0) is 0 Å². The second-order valence-electron chi connectivity index (χ2n) is 5.31. The maximum atomic E-state index is 5.99. The molecule has 5 rings (SSSR count). The highest BCUT2D eigenvalue weighted by Crippen LogP contribution is 2.41. The lowest BCUT2D eigenvalue weighted by molar-refractivity contribution is 0.669. The summed E-state index contributed by atoms with van der Waals surface area (Å²) in [6, 6.07) is 16.7. The van der Waals surface area contributed by atoms with Gasteiger partial charge in [-0.3, -0.25) is 4.98 Å². The van der Waals surface area contributed by atoms with E-state index in [1.54, 1.807) is 0 Å². The van der Waals surface area contributed by atoms with Gasteiger partial charge in [0.15, 0.2) is 0 Å². The van der Waals surface area contributed by atoms with Crippen LogP contribution in [0.3, 0.4) is 0 Å². The number of furan rings is 1. The topological polar surface area (TPSA) is 26.0 Å². The molecule has 0 saturated heterocycles. The van der Waals surface area contributed by atoms with Gasteiger partial charge in [0.05, 0.1) is 5.52 Å². The van der Waals surface area contributed by atoms with Crippen LogP contribution in [0.5, 0.6) is 0 Å². The lowest BCUT2D eigenvalue weighted by Crippen LogP contribution is -1.87. The van der Waals surface area contributed by atoms with Crippen LogP contribution in [0.1, 0.15) is 5.69 Å². The Bertz CT molecular complexity index is 1100. The molecule has 0 bridgehead atoms. The first-order valence-electron chi connectivity index (χ1n) is 6.75. The highest BCUT2D eigenvalue weighted by Gasteiger charge is 2.16. The molecule has 0 atom stereocenters. The molecule has 0 aliphatic heterocycles. The number of aromatic nitrogens is 1. The van der Waals surface area contributed by atoms with Crippen LogP contribution in [0.25, 0.3) is 43.6 Å². The second-order valence-corrected chi connectivity index (χ2v) is 5.31. The Hall–Kier alpha value is -2.61. The van der Waals surface area contributed by atoms with Crippen LogP contribution in [0, 0.1) is 6.92 Å². The van der Waals surface area contributed by atoms with Crippen molar-refractivity contribution < 1.29 is 4.42 Å². The quantitative estimate of drug-likeness (QED) is 0.363. The Labute approximate surface area is 115 Å². The molecule has 2 nitrogen and oxygen atoms in total. The molecule has 2 aromatic heterocycles. The predicted octanol–water partition coefficient (Wildman–Crippen LogP) is 5.03. The maximum absolute atomic E-state index is 5.99. The summed E-state index contributed by atoms with van der Waals surface area (Å²) in [5.74, 6) is 0. The van der Waals surface area contributed by atoms with Gasteiger partial charge in [-0.15, -0.1) is 0 Å². The number of pyridine rings is 1. The fraction of sp³-hybridized carbons (Fsp3) is 0.0556. The minimum absolute atomic E-state index is 0.943. The van der Waals surface area contributed by atoms with Crippen molar-refractivity contribution in [2.45, 2.75) is 6.92 Å². The van der Waals surface area contributed by atoms with Gasteiger partial charge in [-0.1, -0.05) is 30.3 Å². The Morgan fingerprint density at radius 1 is 0.750 bits per heavy atom. The molecule has 0 amide bonds. The molecule has 0 unspecified atom stereocenters. The molecule has 0 spiro atoms. The van der Waals surface area contributed by atoms with Crippen molar-refractivity contribution in [3.8, 4) is 0 Å². The molecular weight excluding hydrogens is 246 g/mol. The van der Waals surface area contributed by atoms with E-state index >= 15 is 0 Å². The van der Waals surface area contributed by atoms with Crippen LogP contribution in [0.4, 0.5) is 0 Å². The summed E-state index contributed by atoms with van der Waals surface area (Å²) in [5.41, 5.74) is 4.01. The summed E-state index contributed by atoms with van der Waals surface area (Å²) >= 11 is 0. The van der Waals surface area contributed by atoms with Gasteiger partial charge in [0.1, 0.15) is 11.2 Å². The maximum Gasteiger partial charge on any atom is 0.136 e. The molecule has 2 heteroatoms. The monoisotopic (exact) mass is 257 g/mol. The van der Waals surface area contributed by atoms with E-state index in [4.69, 9.17) is 9.40 Å². The van der Waals surface area contributed by atoms with Crippen LogP contribution in [0.2, 0.25) is 0 Å². The molecule has 0 saturated carbocycles. The van der Waals surface area contributed by atoms with E-state index in [2.05, 4.69) is 30.3 Å². The van der Waals surface area contributed by atoms with Crippen LogP contribution in [0.15, 0.2) is 52.9 Å². The van der Waals surface area contributed by atoms with Gasteiger partial charge < -0.3 is 4.42 Å². The molecule has 20 heavy (non-hydrogen) atoms. The van der Waals surface area contributed by atoms with Crippen LogP contribution < -0.4 is 0 Å². The smallest absolute Gasteiger partial charge is 0.136 e. The predicted molar refractivity (Wildman–Crippen MR) is 82.5 cm³/mol. The largest absolute Gasteiger partial charge is 0.456 e. The SMILES string of the molecule is Cc1ccc2c3cccc4oc5cccc(c2n1)c5c43. The molecule has 0 N–H and O–H groups in total. The van der Waals surface area contributed by atoms with Gasteiger partial charge >= 0.3 is 0 Å². The first-order chi connectivity index (χ1) is 9.83.